The van der Waals surface area contributed by atoms with Crippen LogP contribution in [-0.4, -0.2) is 66.5 Å². The summed E-state index contributed by atoms with van der Waals surface area (Å²) in [5, 5.41) is 19.8. The molecule has 9 nitrogen and oxygen atoms in total. The number of methoxy groups -OCH3 is 2. The number of rotatable bonds is 2. The van der Waals surface area contributed by atoms with Gasteiger partial charge in [-0.3, -0.25) is 5.01 Å². The van der Waals surface area contributed by atoms with Crippen LogP contribution in [0.25, 0.3) is 0 Å². The molecule has 0 fully saturated rings. The molecular formula is C15H15ClN4O5. The molecule has 25 heavy (non-hydrogen) atoms. The van der Waals surface area contributed by atoms with Crippen LogP contribution in [0.4, 0.5) is 11.4 Å². The predicted octanol–water partition coefficient (Wildman–Crippen LogP) is 0.543. The van der Waals surface area contributed by atoms with Crippen molar-refractivity contribution < 1.29 is 24.2 Å². The molecule has 3 rings (SSSR count). The molecule has 2 atom stereocenters. The van der Waals surface area contributed by atoms with E-state index < -0.39 is 29.3 Å². The first-order valence-corrected chi connectivity index (χ1v) is 7.57. The Hall–Kier alpha value is -2.65. The van der Waals surface area contributed by atoms with E-state index in [9.17, 15) is 14.7 Å². The molecule has 1 aromatic rings. The van der Waals surface area contributed by atoms with Gasteiger partial charge in [0.25, 0.3) is 0 Å². The van der Waals surface area contributed by atoms with Crippen molar-refractivity contribution in [3.8, 4) is 0 Å². The van der Waals surface area contributed by atoms with Crippen molar-refractivity contribution in [3.05, 3.63) is 23.2 Å². The Kier molecular flexibility index (Phi) is 4.13. The lowest BCUT2D eigenvalue weighted by atomic mass is 9.85. The Morgan fingerprint density at radius 2 is 2.08 bits per heavy atom. The molecule has 2 heterocycles. The highest BCUT2D eigenvalue weighted by Crippen LogP contribution is 2.37. The second kappa shape index (κ2) is 6.01. The largest absolute Gasteiger partial charge is 0.466 e. The van der Waals surface area contributed by atoms with Gasteiger partial charge in [-0.15, -0.1) is 0 Å². The predicted molar refractivity (Wildman–Crippen MR) is 90.1 cm³/mol. The molecule has 2 aliphatic heterocycles. The van der Waals surface area contributed by atoms with Gasteiger partial charge in [0.1, 0.15) is 6.04 Å². The number of benzene rings is 1. The van der Waals surface area contributed by atoms with E-state index in [1.54, 1.807) is 18.2 Å². The Balaban J connectivity index is 2.20. The van der Waals surface area contributed by atoms with Crippen LogP contribution in [0.2, 0.25) is 5.02 Å². The summed E-state index contributed by atoms with van der Waals surface area (Å²) in [4.78, 5) is 28.9. The number of aliphatic imine (C=N–C) groups is 1. The molecule has 0 saturated carbocycles. The van der Waals surface area contributed by atoms with Gasteiger partial charge in [0.15, 0.2) is 11.5 Å². The van der Waals surface area contributed by atoms with Crippen molar-refractivity contribution in [1.82, 2.24) is 5.01 Å². The van der Waals surface area contributed by atoms with Crippen LogP contribution in [0.15, 0.2) is 28.3 Å². The molecule has 2 aliphatic rings. The lowest BCUT2D eigenvalue weighted by Crippen LogP contribution is -2.69. The number of likely N-dealkylation sites (N-methyl/N-ethyl adjacent to an activating group) is 1. The number of hydrazone groups is 1. The van der Waals surface area contributed by atoms with Crippen molar-refractivity contribution in [2.45, 2.75) is 11.6 Å². The van der Waals surface area contributed by atoms with Crippen LogP contribution in [0.3, 0.4) is 0 Å². The molecule has 0 aromatic heterocycles. The highest BCUT2D eigenvalue weighted by Gasteiger charge is 2.59. The number of aliphatic hydroxyl groups is 1. The topological polar surface area (TPSA) is 113 Å². The van der Waals surface area contributed by atoms with E-state index in [2.05, 4.69) is 20.1 Å². The van der Waals surface area contributed by atoms with E-state index in [0.717, 1.165) is 14.2 Å². The third kappa shape index (κ3) is 2.52. The number of hydrogen-bond donors (Lipinski definition) is 2. The summed E-state index contributed by atoms with van der Waals surface area (Å²) in [5.74, 6) is -1.80. The SMILES string of the molecule is COC(=O)C1=NN(C)C2=Nc3ccc(Cl)cc3NC2C1(O)C(=O)OC. The number of halogens is 1. The molecule has 132 valence electrons. The zero-order valence-corrected chi connectivity index (χ0v) is 14.4. The second-order valence-corrected chi connectivity index (χ2v) is 5.87. The summed E-state index contributed by atoms with van der Waals surface area (Å²) in [6.07, 6.45) is 0. The Morgan fingerprint density at radius 1 is 1.36 bits per heavy atom. The Labute approximate surface area is 147 Å². The van der Waals surface area contributed by atoms with Gasteiger partial charge in [-0.05, 0) is 18.2 Å². The van der Waals surface area contributed by atoms with E-state index in [1.165, 1.54) is 12.1 Å². The molecule has 0 aliphatic carbocycles. The van der Waals surface area contributed by atoms with Gasteiger partial charge in [0.05, 0.1) is 25.6 Å². The van der Waals surface area contributed by atoms with Gasteiger partial charge in [-0.25, -0.2) is 14.6 Å². The summed E-state index contributed by atoms with van der Waals surface area (Å²) >= 11 is 5.99. The molecule has 2 unspecified atom stereocenters. The molecule has 2 N–H and O–H groups in total. The molecule has 0 spiro atoms. The minimum atomic E-state index is -2.42. The quantitative estimate of drug-likeness (QED) is 0.734. The highest BCUT2D eigenvalue weighted by atomic mass is 35.5. The van der Waals surface area contributed by atoms with Gasteiger partial charge in [0, 0.05) is 12.1 Å². The fourth-order valence-corrected chi connectivity index (χ4v) is 2.93. The average Bonchev–Trinajstić information content (AvgIpc) is 2.61. The lowest BCUT2D eigenvalue weighted by Gasteiger charge is -2.42. The molecule has 0 amide bonds. The van der Waals surface area contributed by atoms with Crippen LogP contribution < -0.4 is 5.32 Å². The maximum Gasteiger partial charge on any atom is 0.358 e. The van der Waals surface area contributed by atoms with Gasteiger partial charge >= 0.3 is 11.9 Å². The number of carbonyl (C=O) groups is 2. The van der Waals surface area contributed by atoms with Crippen molar-refractivity contribution >= 4 is 46.5 Å². The van der Waals surface area contributed by atoms with Crippen molar-refractivity contribution in [2.75, 3.05) is 26.6 Å². The van der Waals surface area contributed by atoms with E-state index in [4.69, 9.17) is 16.3 Å². The third-order valence-electron chi connectivity index (χ3n) is 3.99. The molecule has 1 aromatic carbocycles. The first-order valence-electron chi connectivity index (χ1n) is 7.19. The fourth-order valence-electron chi connectivity index (χ4n) is 2.76. The number of esters is 2. The lowest BCUT2D eigenvalue weighted by molar-refractivity contribution is -0.157. The maximum absolute atomic E-state index is 12.4. The van der Waals surface area contributed by atoms with Crippen molar-refractivity contribution in [2.24, 2.45) is 10.1 Å². The summed E-state index contributed by atoms with van der Waals surface area (Å²) < 4.78 is 9.34. The summed E-state index contributed by atoms with van der Waals surface area (Å²) in [7, 11) is 3.75. The fraction of sp³-hybridized carbons (Fsp3) is 0.333. The normalized spacial score (nSPS) is 24.2. The number of ether oxygens (including phenoxy) is 2. The summed E-state index contributed by atoms with van der Waals surface area (Å²) in [5.41, 5.74) is -1.89. The van der Waals surface area contributed by atoms with E-state index >= 15 is 0 Å². The highest BCUT2D eigenvalue weighted by molar-refractivity contribution is 6.46. The van der Waals surface area contributed by atoms with E-state index in [1.807, 2.05) is 0 Å². The smallest absolute Gasteiger partial charge is 0.358 e. The number of amidine groups is 1. The van der Waals surface area contributed by atoms with E-state index in [-0.39, 0.29) is 5.84 Å². The standard InChI is InChI=1S/C15H15ClN4O5/c1-20-12-10(17-9-6-7(16)4-5-8(9)18-12)15(23,14(22)25-3)11(19-20)13(21)24-2/h4-6,10,17,23H,1-3H3. The van der Waals surface area contributed by atoms with E-state index in [0.29, 0.717) is 16.4 Å². The molecule has 10 heteroatoms. The summed E-state index contributed by atoms with van der Waals surface area (Å²) in [6.45, 7) is 0. The maximum atomic E-state index is 12.4. The van der Waals surface area contributed by atoms with Gasteiger partial charge in [-0.2, -0.15) is 5.10 Å². The first kappa shape index (κ1) is 17.2. The van der Waals surface area contributed by atoms with Gasteiger partial charge in [-0.1, -0.05) is 11.6 Å². The Bertz CT molecular complexity index is 824. The van der Waals surface area contributed by atoms with Crippen LogP contribution in [0.5, 0.6) is 0 Å². The van der Waals surface area contributed by atoms with Crippen molar-refractivity contribution in [3.63, 3.8) is 0 Å². The van der Waals surface area contributed by atoms with Gasteiger partial charge < -0.3 is 19.9 Å². The van der Waals surface area contributed by atoms with Crippen LogP contribution in [0.1, 0.15) is 0 Å². The van der Waals surface area contributed by atoms with Gasteiger partial charge in [0.2, 0.25) is 5.60 Å². The monoisotopic (exact) mass is 366 g/mol. The first-order chi connectivity index (χ1) is 11.8. The van der Waals surface area contributed by atoms with Crippen LogP contribution in [0, 0.1) is 0 Å². The zero-order valence-electron chi connectivity index (χ0n) is 13.6. The number of nitrogens with zero attached hydrogens (tertiary/aromatic N) is 3. The third-order valence-corrected chi connectivity index (χ3v) is 4.22. The molecule has 0 bridgehead atoms. The zero-order chi connectivity index (χ0) is 18.4. The number of fused-ring (bicyclic) bond motifs is 2. The second-order valence-electron chi connectivity index (χ2n) is 5.43. The Morgan fingerprint density at radius 3 is 2.72 bits per heavy atom. The number of hydrogen-bond acceptors (Lipinski definition) is 9. The molecule has 0 radical (unpaired) electrons. The number of nitrogens with one attached hydrogen (secondary N) is 1. The number of anilines is 1. The van der Waals surface area contributed by atoms with Crippen LogP contribution in [-0.2, 0) is 19.1 Å². The molecule has 0 saturated heterocycles. The van der Waals surface area contributed by atoms with Crippen LogP contribution >= 0.6 is 11.6 Å². The summed E-state index contributed by atoms with van der Waals surface area (Å²) in [6, 6.07) is 3.81. The molecular weight excluding hydrogens is 352 g/mol. The number of carbonyl (C=O) groups excluding carboxylic acids is 2. The van der Waals surface area contributed by atoms with Crippen molar-refractivity contribution in [1.29, 1.82) is 0 Å². The minimum Gasteiger partial charge on any atom is -0.466 e. The minimum absolute atomic E-state index is 0.232. The average molecular weight is 367 g/mol.